The van der Waals surface area contributed by atoms with E-state index in [-0.39, 0.29) is 24.6 Å². The molecule has 14 heteroatoms. The number of amides is 3. The molecule has 212 valence electrons. The van der Waals surface area contributed by atoms with E-state index in [1.54, 1.807) is 24.3 Å². The average Bonchev–Trinajstić information content (AvgIpc) is 3.45. The number of carbonyl (C=O) groups excluding carboxylic acids is 2. The van der Waals surface area contributed by atoms with Crippen molar-refractivity contribution in [3.63, 3.8) is 0 Å². The lowest BCUT2D eigenvalue weighted by molar-refractivity contribution is -0.158. The van der Waals surface area contributed by atoms with Crippen LogP contribution in [-0.2, 0) is 14.3 Å². The molecule has 0 aliphatic carbocycles. The number of aromatic nitrogens is 1. The molecule has 11 nitrogen and oxygen atoms in total. The monoisotopic (exact) mass is 552 g/mol. The van der Waals surface area contributed by atoms with Crippen LogP contribution in [0.5, 0.6) is 5.88 Å². The second-order valence-electron chi connectivity index (χ2n) is 10.3. The number of halogens is 3. The maximum atomic E-state index is 13.5. The van der Waals surface area contributed by atoms with Gasteiger partial charge in [0.05, 0.1) is 18.3 Å². The summed E-state index contributed by atoms with van der Waals surface area (Å²) in [5.74, 6) is -0.614. The predicted octanol–water partition coefficient (Wildman–Crippen LogP) is 2.30. The Morgan fingerprint density at radius 3 is 2.85 bits per heavy atom. The lowest BCUT2D eigenvalue weighted by Gasteiger charge is -2.41. The van der Waals surface area contributed by atoms with Crippen LogP contribution in [0.25, 0.3) is 0 Å². The van der Waals surface area contributed by atoms with E-state index in [1.165, 1.54) is 11.0 Å². The van der Waals surface area contributed by atoms with Gasteiger partial charge in [-0.15, -0.1) is 0 Å². The van der Waals surface area contributed by atoms with Crippen molar-refractivity contribution < 1.29 is 37.0 Å². The number of rotatable bonds is 6. The molecule has 1 aromatic heterocycles. The molecular formula is C25H31F3N6O5. The second kappa shape index (κ2) is 10.2. The number of hydrogen-bond donors (Lipinski definition) is 3. The Bertz CT molecular complexity index is 1190. The third-order valence-electron chi connectivity index (χ3n) is 6.89. The van der Waals surface area contributed by atoms with Crippen LogP contribution in [0.2, 0.25) is 0 Å². The van der Waals surface area contributed by atoms with Crippen molar-refractivity contribution in [3.05, 3.63) is 41.9 Å². The molecule has 2 saturated heterocycles. The van der Waals surface area contributed by atoms with Crippen molar-refractivity contribution in [2.75, 3.05) is 31.6 Å². The highest BCUT2D eigenvalue weighted by Crippen LogP contribution is 2.34. The van der Waals surface area contributed by atoms with Gasteiger partial charge >= 0.3 is 12.2 Å². The number of allylic oxidation sites excluding steroid dienone is 1. The predicted molar refractivity (Wildman–Crippen MR) is 132 cm³/mol. The summed E-state index contributed by atoms with van der Waals surface area (Å²) in [4.78, 5) is 34.0. The zero-order chi connectivity index (χ0) is 27.9. The fraction of sp³-hybridized carbons (Fsp3) is 0.560. The summed E-state index contributed by atoms with van der Waals surface area (Å²) in [6.07, 6.45) is -0.972. The zero-order valence-electron chi connectivity index (χ0n) is 21.7. The number of fused-ring (bicyclic) bond motifs is 3. The summed E-state index contributed by atoms with van der Waals surface area (Å²) in [7, 11) is 0. The van der Waals surface area contributed by atoms with Gasteiger partial charge in [-0.25, -0.2) is 4.79 Å². The Hall–Kier alpha value is -3.52. The standard InChI is InChI=1S/C25H31F3N6O5/c1-14(25(26,27)28)29-22(35)17-7-8-18-21(30-17)34(15-9-10-33(18)11-15)23(36)32-19-5-4-6-20(31-19)37-12-16-13-38-24(2,3)39-16/h4-8,14-17,30H,9-13H2,1-3H3,(H,29,35)(H,31,32,36)/t14-,15+,16+,17?/m1/s1. The fourth-order valence-corrected chi connectivity index (χ4v) is 4.90. The first-order chi connectivity index (χ1) is 18.4. The van der Waals surface area contributed by atoms with Crippen LogP contribution in [0.15, 0.2) is 41.9 Å². The van der Waals surface area contributed by atoms with Crippen LogP contribution in [0.4, 0.5) is 23.8 Å². The normalized spacial score (nSPS) is 26.2. The summed E-state index contributed by atoms with van der Waals surface area (Å²) in [6.45, 7) is 6.43. The minimum Gasteiger partial charge on any atom is -0.475 e. The molecule has 4 aliphatic rings. The van der Waals surface area contributed by atoms with Gasteiger partial charge in [-0.05, 0) is 39.3 Å². The number of hydrogen-bond acceptors (Lipinski definition) is 8. The third kappa shape index (κ3) is 5.91. The molecule has 2 fully saturated rings. The number of pyridine rings is 1. The molecule has 0 saturated carbocycles. The maximum absolute atomic E-state index is 13.5. The van der Waals surface area contributed by atoms with Crippen LogP contribution in [0.3, 0.4) is 0 Å². The molecule has 1 unspecified atom stereocenters. The molecule has 0 radical (unpaired) electrons. The Labute approximate surface area is 223 Å². The van der Waals surface area contributed by atoms with E-state index in [0.717, 1.165) is 6.92 Å². The molecule has 3 amide bonds. The van der Waals surface area contributed by atoms with Gasteiger partial charge in [0.2, 0.25) is 11.8 Å². The van der Waals surface area contributed by atoms with E-state index in [1.807, 2.05) is 19.2 Å². The van der Waals surface area contributed by atoms with Gasteiger partial charge in [0, 0.05) is 19.2 Å². The zero-order valence-corrected chi connectivity index (χ0v) is 21.7. The molecule has 0 aromatic carbocycles. The van der Waals surface area contributed by atoms with E-state index < -0.39 is 36.0 Å². The molecule has 5 rings (SSSR count). The smallest absolute Gasteiger partial charge is 0.408 e. The van der Waals surface area contributed by atoms with Gasteiger partial charge in [-0.1, -0.05) is 12.1 Å². The molecule has 2 bridgehead atoms. The highest BCUT2D eigenvalue weighted by atomic mass is 19.4. The maximum Gasteiger partial charge on any atom is 0.408 e. The topological polar surface area (TPSA) is 117 Å². The fourth-order valence-electron chi connectivity index (χ4n) is 4.90. The van der Waals surface area contributed by atoms with Gasteiger partial charge in [-0.3, -0.25) is 15.0 Å². The third-order valence-corrected chi connectivity index (χ3v) is 6.89. The van der Waals surface area contributed by atoms with Crippen LogP contribution in [0.1, 0.15) is 27.2 Å². The lowest BCUT2D eigenvalue weighted by atomic mass is 10.1. The van der Waals surface area contributed by atoms with E-state index in [2.05, 4.69) is 20.5 Å². The van der Waals surface area contributed by atoms with Gasteiger partial charge in [0.1, 0.15) is 36.4 Å². The van der Waals surface area contributed by atoms with Gasteiger partial charge in [0.15, 0.2) is 5.79 Å². The number of alkyl halides is 3. The number of nitrogens with zero attached hydrogens (tertiary/aromatic N) is 3. The first-order valence-electron chi connectivity index (χ1n) is 12.7. The molecule has 5 heterocycles. The quantitative estimate of drug-likeness (QED) is 0.493. The number of ether oxygens (including phenoxy) is 3. The highest BCUT2D eigenvalue weighted by Gasteiger charge is 2.44. The SMILES string of the molecule is C[C@@H](NC(=O)C1C=CC2=C(N1)N(C(=O)Nc1cccc(OC[C@H]3COC(C)(C)O3)n1)[C@H]1CCN2C1)C(F)(F)F. The second-order valence-corrected chi connectivity index (χ2v) is 10.3. The Balaban J connectivity index is 1.26. The van der Waals surface area contributed by atoms with E-state index in [9.17, 15) is 22.8 Å². The van der Waals surface area contributed by atoms with Crippen LogP contribution in [0, 0.1) is 0 Å². The van der Waals surface area contributed by atoms with Crippen molar-refractivity contribution in [1.82, 2.24) is 25.4 Å². The number of anilines is 1. The summed E-state index contributed by atoms with van der Waals surface area (Å²) >= 11 is 0. The van der Waals surface area contributed by atoms with E-state index in [0.29, 0.717) is 43.5 Å². The molecular weight excluding hydrogens is 521 g/mol. The van der Waals surface area contributed by atoms with E-state index >= 15 is 0 Å². The minimum absolute atomic E-state index is 0.192. The van der Waals surface area contributed by atoms with Crippen LogP contribution in [-0.4, -0.2) is 89.2 Å². The van der Waals surface area contributed by atoms with Gasteiger partial charge < -0.3 is 29.7 Å². The minimum atomic E-state index is -4.57. The first-order valence-corrected chi connectivity index (χ1v) is 12.7. The molecule has 4 atom stereocenters. The molecule has 0 spiro atoms. The van der Waals surface area contributed by atoms with Crippen molar-refractivity contribution >= 4 is 17.8 Å². The van der Waals surface area contributed by atoms with Crippen molar-refractivity contribution in [3.8, 4) is 5.88 Å². The number of nitrogens with one attached hydrogen (secondary N) is 3. The largest absolute Gasteiger partial charge is 0.475 e. The van der Waals surface area contributed by atoms with Crippen LogP contribution < -0.4 is 20.7 Å². The van der Waals surface area contributed by atoms with Gasteiger partial charge in [0.25, 0.3) is 0 Å². The number of urea groups is 1. The number of dihydropyridines is 1. The Morgan fingerprint density at radius 1 is 1.33 bits per heavy atom. The first kappa shape index (κ1) is 27.1. The van der Waals surface area contributed by atoms with Gasteiger partial charge in [-0.2, -0.15) is 18.2 Å². The summed E-state index contributed by atoms with van der Waals surface area (Å²) in [5, 5.41) is 7.72. The summed E-state index contributed by atoms with van der Waals surface area (Å²) in [6, 6.07) is 1.19. The van der Waals surface area contributed by atoms with Crippen molar-refractivity contribution in [2.24, 2.45) is 0 Å². The Kier molecular flexibility index (Phi) is 7.10. The average molecular weight is 553 g/mol. The Morgan fingerprint density at radius 2 is 2.13 bits per heavy atom. The highest BCUT2D eigenvalue weighted by molar-refractivity contribution is 5.91. The van der Waals surface area contributed by atoms with Crippen molar-refractivity contribution in [2.45, 2.75) is 63.4 Å². The molecule has 39 heavy (non-hydrogen) atoms. The molecule has 1 aromatic rings. The molecule has 3 N–H and O–H groups in total. The lowest BCUT2D eigenvalue weighted by Crippen LogP contribution is -2.57. The molecule has 4 aliphatic heterocycles. The number of carbonyl (C=O) groups is 2. The van der Waals surface area contributed by atoms with Crippen molar-refractivity contribution in [1.29, 1.82) is 0 Å². The summed E-state index contributed by atoms with van der Waals surface area (Å²) < 4.78 is 55.9. The van der Waals surface area contributed by atoms with E-state index in [4.69, 9.17) is 14.2 Å². The van der Waals surface area contributed by atoms with Crippen LogP contribution >= 0.6 is 0 Å². The summed E-state index contributed by atoms with van der Waals surface area (Å²) in [5.41, 5.74) is 0.693.